The number of anilines is 1. The van der Waals surface area contributed by atoms with Crippen molar-refractivity contribution in [1.29, 1.82) is 0 Å². The number of halogens is 2. The van der Waals surface area contributed by atoms with Crippen molar-refractivity contribution in [2.75, 3.05) is 32.1 Å². The van der Waals surface area contributed by atoms with Crippen molar-refractivity contribution in [3.8, 4) is 0 Å². The van der Waals surface area contributed by atoms with Crippen LogP contribution in [0.4, 0.5) is 5.69 Å². The highest BCUT2D eigenvalue weighted by atomic mass is 79.9. The number of hydrogen-bond acceptors (Lipinski definition) is 4. The van der Waals surface area contributed by atoms with Crippen LogP contribution in [0.2, 0.25) is 0 Å². The van der Waals surface area contributed by atoms with Crippen LogP contribution in [-0.4, -0.2) is 44.2 Å². The molecule has 134 valence electrons. The molecular formula is C16H23BrClN3O3. The molecule has 1 fully saturated rings. The Bertz CT molecular complexity index is 592. The van der Waals surface area contributed by atoms with Gasteiger partial charge in [-0.05, 0) is 56.6 Å². The molecule has 1 aliphatic heterocycles. The maximum absolute atomic E-state index is 12.4. The van der Waals surface area contributed by atoms with Crippen molar-refractivity contribution in [3.05, 3.63) is 28.2 Å². The molecule has 0 radical (unpaired) electrons. The third-order valence-corrected chi connectivity index (χ3v) is 4.96. The molecule has 1 aliphatic rings. The molecule has 0 bridgehead atoms. The summed E-state index contributed by atoms with van der Waals surface area (Å²) in [6, 6.07) is 5.55. The van der Waals surface area contributed by atoms with Crippen LogP contribution < -0.4 is 16.0 Å². The smallest absolute Gasteiger partial charge is 0.252 e. The van der Waals surface area contributed by atoms with Gasteiger partial charge in [0.15, 0.2) is 0 Å². The number of ether oxygens (including phenoxy) is 1. The van der Waals surface area contributed by atoms with Crippen molar-refractivity contribution in [2.24, 2.45) is 0 Å². The summed E-state index contributed by atoms with van der Waals surface area (Å²) in [4.78, 5) is 24.4. The highest BCUT2D eigenvalue weighted by Crippen LogP contribution is 2.22. The Kier molecular flexibility index (Phi) is 8.15. The molecule has 0 aliphatic carbocycles. The second kappa shape index (κ2) is 9.36. The van der Waals surface area contributed by atoms with Gasteiger partial charge in [0.2, 0.25) is 5.91 Å². The van der Waals surface area contributed by atoms with Gasteiger partial charge in [-0.25, -0.2) is 0 Å². The second-order valence-corrected chi connectivity index (χ2v) is 6.50. The van der Waals surface area contributed by atoms with Gasteiger partial charge >= 0.3 is 0 Å². The number of carbonyl (C=O) groups is 2. The Labute approximate surface area is 156 Å². The van der Waals surface area contributed by atoms with E-state index >= 15 is 0 Å². The van der Waals surface area contributed by atoms with Crippen molar-refractivity contribution >= 4 is 45.8 Å². The van der Waals surface area contributed by atoms with Crippen molar-refractivity contribution in [2.45, 2.75) is 25.4 Å². The summed E-state index contributed by atoms with van der Waals surface area (Å²) in [5.74, 6) is -0.496. The predicted molar refractivity (Wildman–Crippen MR) is 99.6 cm³/mol. The molecule has 2 rings (SSSR count). The van der Waals surface area contributed by atoms with Crippen LogP contribution in [0.3, 0.4) is 0 Å². The third-order valence-electron chi connectivity index (χ3n) is 4.07. The lowest BCUT2D eigenvalue weighted by Gasteiger charge is -2.34. The molecule has 1 aromatic carbocycles. The molecule has 0 atom stereocenters. The number of rotatable bonds is 5. The van der Waals surface area contributed by atoms with Crippen molar-refractivity contribution < 1.29 is 14.3 Å². The first-order valence-corrected chi connectivity index (χ1v) is 8.36. The number of piperidine rings is 1. The molecule has 1 saturated heterocycles. The Morgan fingerprint density at radius 3 is 2.58 bits per heavy atom. The maximum atomic E-state index is 12.4. The van der Waals surface area contributed by atoms with E-state index < -0.39 is 5.60 Å². The summed E-state index contributed by atoms with van der Waals surface area (Å²) < 4.78 is 6.41. The Hall–Kier alpha value is -1.15. The summed E-state index contributed by atoms with van der Waals surface area (Å²) in [6.07, 6.45) is 1.20. The molecule has 8 heteroatoms. The minimum Gasteiger partial charge on any atom is -0.368 e. The molecule has 2 amide bonds. The molecule has 1 aromatic rings. The summed E-state index contributed by atoms with van der Waals surface area (Å²) in [6.45, 7) is 3.32. The van der Waals surface area contributed by atoms with Crippen LogP contribution in [0.5, 0.6) is 0 Å². The fourth-order valence-electron chi connectivity index (χ4n) is 2.60. The normalized spacial score (nSPS) is 16.0. The summed E-state index contributed by atoms with van der Waals surface area (Å²) >= 11 is 3.41. The van der Waals surface area contributed by atoms with E-state index in [9.17, 15) is 9.59 Å². The van der Waals surface area contributed by atoms with Gasteiger partial charge in [-0.1, -0.05) is 15.9 Å². The van der Waals surface area contributed by atoms with Gasteiger partial charge in [-0.3, -0.25) is 9.59 Å². The highest BCUT2D eigenvalue weighted by molar-refractivity contribution is 9.10. The van der Waals surface area contributed by atoms with E-state index in [-0.39, 0.29) is 30.8 Å². The average Bonchev–Trinajstić information content (AvgIpc) is 2.56. The van der Waals surface area contributed by atoms with E-state index in [1.165, 1.54) is 7.11 Å². The number of methoxy groups -OCH3 is 1. The van der Waals surface area contributed by atoms with E-state index in [1.54, 1.807) is 6.07 Å². The van der Waals surface area contributed by atoms with Crippen LogP contribution in [0.15, 0.2) is 22.7 Å². The second-order valence-electron chi connectivity index (χ2n) is 5.64. The maximum Gasteiger partial charge on any atom is 0.252 e. The SMILES string of the molecule is COC1(C(=O)NCC(=O)Nc2ccc(Br)c(C)c2)CCNCC1.Cl. The molecule has 24 heavy (non-hydrogen) atoms. The van der Waals surface area contributed by atoms with Crippen molar-refractivity contribution in [1.82, 2.24) is 10.6 Å². The minimum absolute atomic E-state index is 0. The first-order valence-electron chi connectivity index (χ1n) is 7.57. The van der Waals surface area contributed by atoms with E-state index in [2.05, 4.69) is 31.9 Å². The van der Waals surface area contributed by atoms with E-state index in [4.69, 9.17) is 4.74 Å². The highest BCUT2D eigenvalue weighted by Gasteiger charge is 2.39. The van der Waals surface area contributed by atoms with Crippen LogP contribution in [0.1, 0.15) is 18.4 Å². The van der Waals surface area contributed by atoms with Gasteiger partial charge in [0.05, 0.1) is 6.54 Å². The summed E-state index contributed by atoms with van der Waals surface area (Å²) in [5.41, 5.74) is 0.896. The Morgan fingerprint density at radius 2 is 2.00 bits per heavy atom. The lowest BCUT2D eigenvalue weighted by atomic mass is 9.91. The quantitative estimate of drug-likeness (QED) is 0.681. The molecule has 1 heterocycles. The molecule has 3 N–H and O–H groups in total. The number of hydrogen-bond donors (Lipinski definition) is 3. The van der Waals surface area contributed by atoms with Crippen LogP contribution >= 0.6 is 28.3 Å². The number of benzene rings is 1. The number of aryl methyl sites for hydroxylation is 1. The van der Waals surface area contributed by atoms with Gasteiger partial charge < -0.3 is 20.7 Å². The van der Waals surface area contributed by atoms with Crippen LogP contribution in [-0.2, 0) is 14.3 Å². The molecule has 6 nitrogen and oxygen atoms in total. The molecular weight excluding hydrogens is 398 g/mol. The summed E-state index contributed by atoms with van der Waals surface area (Å²) in [7, 11) is 1.54. The first kappa shape index (κ1) is 20.9. The first-order chi connectivity index (χ1) is 11.0. The average molecular weight is 421 g/mol. The van der Waals surface area contributed by atoms with E-state index in [1.807, 2.05) is 19.1 Å². The van der Waals surface area contributed by atoms with Gasteiger partial charge in [0, 0.05) is 17.3 Å². The van der Waals surface area contributed by atoms with Crippen LogP contribution in [0, 0.1) is 6.92 Å². The monoisotopic (exact) mass is 419 g/mol. The Morgan fingerprint density at radius 1 is 1.33 bits per heavy atom. The largest absolute Gasteiger partial charge is 0.368 e. The standard InChI is InChI=1S/C16H22BrN3O3.ClH/c1-11-9-12(3-4-13(11)17)20-14(21)10-19-15(22)16(23-2)5-7-18-8-6-16;/h3-4,9,18H,5-8,10H2,1-2H3,(H,19,22)(H,20,21);1H. The summed E-state index contributed by atoms with van der Waals surface area (Å²) in [5, 5.41) is 8.64. The van der Waals surface area contributed by atoms with Crippen LogP contribution in [0.25, 0.3) is 0 Å². The number of carbonyl (C=O) groups excluding carboxylic acids is 2. The lowest BCUT2D eigenvalue weighted by Crippen LogP contribution is -2.55. The zero-order valence-corrected chi connectivity index (χ0v) is 16.2. The van der Waals surface area contributed by atoms with Gasteiger partial charge in [-0.15, -0.1) is 12.4 Å². The fourth-order valence-corrected chi connectivity index (χ4v) is 2.85. The van der Waals surface area contributed by atoms with E-state index in [0.717, 1.165) is 23.1 Å². The zero-order valence-electron chi connectivity index (χ0n) is 13.8. The fraction of sp³-hybridized carbons (Fsp3) is 0.500. The topological polar surface area (TPSA) is 79.5 Å². The predicted octanol–water partition coefficient (Wildman–Crippen LogP) is 2.00. The molecule has 0 saturated carbocycles. The molecule has 0 spiro atoms. The Balaban J connectivity index is 0.00000288. The van der Waals surface area contributed by atoms with Gasteiger partial charge in [-0.2, -0.15) is 0 Å². The minimum atomic E-state index is -0.834. The molecule has 0 unspecified atom stereocenters. The third kappa shape index (κ3) is 5.17. The number of amides is 2. The molecule has 0 aromatic heterocycles. The number of nitrogens with one attached hydrogen (secondary N) is 3. The van der Waals surface area contributed by atoms with E-state index in [0.29, 0.717) is 18.5 Å². The van der Waals surface area contributed by atoms with Crippen molar-refractivity contribution in [3.63, 3.8) is 0 Å². The zero-order chi connectivity index (χ0) is 16.9. The van der Waals surface area contributed by atoms with Gasteiger partial charge in [0.25, 0.3) is 5.91 Å². The lowest BCUT2D eigenvalue weighted by molar-refractivity contribution is -0.147. The van der Waals surface area contributed by atoms with Gasteiger partial charge in [0.1, 0.15) is 5.60 Å².